The molecular formula is C13H16BrNO3. The van der Waals surface area contributed by atoms with Crippen LogP contribution in [0, 0.1) is 0 Å². The maximum absolute atomic E-state index is 12.4. The van der Waals surface area contributed by atoms with Gasteiger partial charge in [0.05, 0.1) is 17.8 Å². The fraction of sp³-hybridized carbons (Fsp3) is 0.462. The van der Waals surface area contributed by atoms with Crippen LogP contribution >= 0.6 is 15.9 Å². The minimum Gasteiger partial charge on any atom is -0.507 e. The summed E-state index contributed by atoms with van der Waals surface area (Å²) in [6.07, 6.45) is 0.0407. The van der Waals surface area contributed by atoms with Crippen molar-refractivity contribution in [2.75, 3.05) is 13.1 Å². The molecule has 2 rings (SSSR count). The van der Waals surface area contributed by atoms with Crippen LogP contribution in [0.1, 0.15) is 24.2 Å². The maximum Gasteiger partial charge on any atom is 0.257 e. The Morgan fingerprint density at radius 1 is 1.39 bits per heavy atom. The summed E-state index contributed by atoms with van der Waals surface area (Å²) in [4.78, 5) is 14.1. The summed E-state index contributed by atoms with van der Waals surface area (Å²) in [5, 5.41) is 9.77. The van der Waals surface area contributed by atoms with Gasteiger partial charge in [-0.05, 0) is 32.0 Å². The zero-order valence-electron chi connectivity index (χ0n) is 10.4. The van der Waals surface area contributed by atoms with Crippen molar-refractivity contribution < 1.29 is 14.6 Å². The first-order valence-electron chi connectivity index (χ1n) is 5.90. The summed E-state index contributed by atoms with van der Waals surface area (Å²) in [5.74, 6) is -0.147. The molecule has 0 spiro atoms. The lowest BCUT2D eigenvalue weighted by Gasteiger charge is -2.35. The molecule has 98 valence electrons. The number of hydrogen-bond donors (Lipinski definition) is 1. The van der Waals surface area contributed by atoms with Crippen LogP contribution in [0.15, 0.2) is 22.7 Å². The highest BCUT2D eigenvalue weighted by Gasteiger charge is 2.27. The molecule has 0 aliphatic carbocycles. The molecule has 1 aromatic carbocycles. The molecule has 0 radical (unpaired) electrons. The fourth-order valence-corrected chi connectivity index (χ4v) is 2.55. The van der Waals surface area contributed by atoms with Crippen LogP contribution in [-0.2, 0) is 4.74 Å². The normalized spacial score (nSPS) is 24.1. The molecule has 1 aliphatic heterocycles. The van der Waals surface area contributed by atoms with E-state index in [2.05, 4.69) is 15.9 Å². The predicted molar refractivity (Wildman–Crippen MR) is 71.7 cm³/mol. The van der Waals surface area contributed by atoms with Gasteiger partial charge in [0.2, 0.25) is 0 Å². The molecule has 0 aromatic heterocycles. The number of hydrogen-bond acceptors (Lipinski definition) is 3. The van der Waals surface area contributed by atoms with Gasteiger partial charge >= 0.3 is 0 Å². The minimum absolute atomic E-state index is 0.00926. The van der Waals surface area contributed by atoms with Crippen molar-refractivity contribution in [3.05, 3.63) is 28.2 Å². The van der Waals surface area contributed by atoms with E-state index in [1.165, 1.54) is 6.07 Å². The van der Waals surface area contributed by atoms with Gasteiger partial charge in [-0.1, -0.05) is 15.9 Å². The lowest BCUT2D eigenvalue weighted by atomic mass is 10.1. The van der Waals surface area contributed by atoms with Crippen molar-refractivity contribution >= 4 is 21.8 Å². The van der Waals surface area contributed by atoms with Crippen molar-refractivity contribution in [1.82, 2.24) is 4.90 Å². The predicted octanol–water partition coefficient (Wildman–Crippen LogP) is 2.40. The van der Waals surface area contributed by atoms with E-state index in [-0.39, 0.29) is 23.9 Å². The number of amides is 1. The number of morpholine rings is 1. The Hall–Kier alpha value is -1.07. The quantitative estimate of drug-likeness (QED) is 0.866. The molecule has 1 saturated heterocycles. The van der Waals surface area contributed by atoms with Crippen LogP contribution in [-0.4, -0.2) is 41.2 Å². The Labute approximate surface area is 115 Å². The summed E-state index contributed by atoms with van der Waals surface area (Å²) >= 11 is 3.31. The molecule has 1 N–H and O–H groups in total. The van der Waals surface area contributed by atoms with Gasteiger partial charge in [-0.2, -0.15) is 0 Å². The number of carbonyl (C=O) groups is 1. The van der Waals surface area contributed by atoms with Crippen LogP contribution in [0.3, 0.4) is 0 Å². The lowest BCUT2D eigenvalue weighted by molar-refractivity contribution is -0.0586. The Bertz CT molecular complexity index is 454. The van der Waals surface area contributed by atoms with Crippen LogP contribution < -0.4 is 0 Å². The number of ether oxygens (including phenoxy) is 1. The highest BCUT2D eigenvalue weighted by Crippen LogP contribution is 2.24. The third-order valence-corrected chi connectivity index (χ3v) is 3.39. The first-order valence-corrected chi connectivity index (χ1v) is 6.70. The average Bonchev–Trinajstić information content (AvgIpc) is 2.30. The molecule has 1 aliphatic rings. The number of carbonyl (C=O) groups excluding carboxylic acids is 1. The van der Waals surface area contributed by atoms with Gasteiger partial charge in [-0.25, -0.2) is 0 Å². The number of aromatic hydroxyl groups is 1. The second kappa shape index (κ2) is 5.28. The van der Waals surface area contributed by atoms with Crippen molar-refractivity contribution in [1.29, 1.82) is 0 Å². The summed E-state index contributed by atoms with van der Waals surface area (Å²) < 4.78 is 6.37. The Kier molecular flexibility index (Phi) is 3.92. The van der Waals surface area contributed by atoms with E-state index in [9.17, 15) is 9.90 Å². The summed E-state index contributed by atoms with van der Waals surface area (Å²) in [7, 11) is 0. The lowest BCUT2D eigenvalue weighted by Crippen LogP contribution is -2.48. The smallest absolute Gasteiger partial charge is 0.257 e. The summed E-state index contributed by atoms with van der Waals surface area (Å²) in [6.45, 7) is 4.98. The van der Waals surface area contributed by atoms with Gasteiger partial charge in [0.25, 0.3) is 5.91 Å². The third-order valence-electron chi connectivity index (χ3n) is 2.90. The van der Waals surface area contributed by atoms with Crippen LogP contribution in [0.25, 0.3) is 0 Å². The van der Waals surface area contributed by atoms with Gasteiger partial charge in [0.1, 0.15) is 5.75 Å². The standard InChI is InChI=1S/C13H16BrNO3/c1-8-6-15(7-9(2)18-8)13(17)11-5-10(14)3-4-12(11)16/h3-5,8-9,16H,6-7H2,1-2H3/t8-,9+. The molecule has 5 heteroatoms. The Balaban J connectivity index is 2.22. The SMILES string of the molecule is C[C@@H]1CN(C(=O)c2cc(Br)ccc2O)C[C@H](C)O1. The molecular weight excluding hydrogens is 298 g/mol. The van der Waals surface area contributed by atoms with E-state index in [1.54, 1.807) is 17.0 Å². The van der Waals surface area contributed by atoms with E-state index < -0.39 is 0 Å². The van der Waals surface area contributed by atoms with E-state index in [4.69, 9.17) is 4.74 Å². The molecule has 1 aromatic rings. The zero-order chi connectivity index (χ0) is 13.3. The third kappa shape index (κ3) is 2.84. The molecule has 0 saturated carbocycles. The molecule has 1 heterocycles. The number of phenolic OH excluding ortho intramolecular Hbond substituents is 1. The van der Waals surface area contributed by atoms with Gasteiger partial charge < -0.3 is 14.7 Å². The topological polar surface area (TPSA) is 49.8 Å². The monoisotopic (exact) mass is 313 g/mol. The first kappa shape index (κ1) is 13.4. The highest BCUT2D eigenvalue weighted by atomic mass is 79.9. The fourth-order valence-electron chi connectivity index (χ4n) is 2.19. The van der Waals surface area contributed by atoms with Gasteiger partial charge in [0.15, 0.2) is 0 Å². The minimum atomic E-state index is -0.157. The zero-order valence-corrected chi connectivity index (χ0v) is 12.0. The van der Waals surface area contributed by atoms with Crippen LogP contribution in [0.4, 0.5) is 0 Å². The van der Waals surface area contributed by atoms with Gasteiger partial charge in [-0.15, -0.1) is 0 Å². The maximum atomic E-state index is 12.4. The largest absolute Gasteiger partial charge is 0.507 e. The molecule has 18 heavy (non-hydrogen) atoms. The van der Waals surface area contributed by atoms with E-state index in [0.29, 0.717) is 18.7 Å². The van der Waals surface area contributed by atoms with E-state index in [0.717, 1.165) is 4.47 Å². The van der Waals surface area contributed by atoms with Crippen LogP contribution in [0.2, 0.25) is 0 Å². The molecule has 0 bridgehead atoms. The van der Waals surface area contributed by atoms with E-state index >= 15 is 0 Å². The number of halogens is 1. The summed E-state index contributed by atoms with van der Waals surface area (Å²) in [5.41, 5.74) is 0.325. The molecule has 2 atom stereocenters. The second-order valence-electron chi connectivity index (χ2n) is 4.63. The second-order valence-corrected chi connectivity index (χ2v) is 5.54. The first-order chi connectivity index (χ1) is 8.47. The molecule has 1 amide bonds. The number of nitrogens with zero attached hydrogens (tertiary/aromatic N) is 1. The van der Waals surface area contributed by atoms with Crippen LogP contribution in [0.5, 0.6) is 5.75 Å². The number of benzene rings is 1. The Morgan fingerprint density at radius 2 is 2.00 bits per heavy atom. The highest BCUT2D eigenvalue weighted by molar-refractivity contribution is 9.10. The van der Waals surface area contributed by atoms with Crippen molar-refractivity contribution in [2.45, 2.75) is 26.1 Å². The van der Waals surface area contributed by atoms with Crippen molar-refractivity contribution in [3.63, 3.8) is 0 Å². The molecule has 1 fully saturated rings. The van der Waals surface area contributed by atoms with E-state index in [1.807, 2.05) is 13.8 Å². The Morgan fingerprint density at radius 3 is 2.61 bits per heavy atom. The van der Waals surface area contributed by atoms with Gasteiger partial charge in [0, 0.05) is 17.6 Å². The van der Waals surface area contributed by atoms with Crippen molar-refractivity contribution in [2.24, 2.45) is 0 Å². The summed E-state index contributed by atoms with van der Waals surface area (Å²) in [6, 6.07) is 4.86. The average molecular weight is 314 g/mol. The van der Waals surface area contributed by atoms with Gasteiger partial charge in [-0.3, -0.25) is 4.79 Å². The molecule has 4 nitrogen and oxygen atoms in total. The number of rotatable bonds is 1. The van der Waals surface area contributed by atoms with Crippen molar-refractivity contribution in [3.8, 4) is 5.75 Å². The molecule has 0 unspecified atom stereocenters. The number of phenols is 1.